The lowest BCUT2D eigenvalue weighted by molar-refractivity contribution is 0.195. The Bertz CT molecular complexity index is 776. The van der Waals surface area contributed by atoms with Crippen molar-refractivity contribution in [2.45, 2.75) is 19.9 Å². The highest BCUT2D eigenvalue weighted by atomic mass is 32.1. The van der Waals surface area contributed by atoms with Gasteiger partial charge in [0.1, 0.15) is 0 Å². The zero-order valence-electron chi connectivity index (χ0n) is 14.7. The van der Waals surface area contributed by atoms with Crippen molar-refractivity contribution < 1.29 is 9.84 Å². The maximum atomic E-state index is 12.4. The number of hydrogen-bond donors (Lipinski definition) is 3. The molecule has 0 aliphatic rings. The standard InChI is InChI=1S/C18H25N3O3S/c1-13-5-3-6-14-11-15(17(23)20-16(13)14)12-21(8-9-22)18(25)19-7-4-10-24-2/h3,5-6,11,22H,4,7-10,12H2,1-2H3,(H,19,25)(H,20,23). The van der Waals surface area contributed by atoms with Crippen LogP contribution in [-0.4, -0.2) is 53.5 Å². The maximum absolute atomic E-state index is 12.4. The lowest BCUT2D eigenvalue weighted by Gasteiger charge is -2.25. The number of aryl methyl sites for hydroxylation is 1. The molecule has 0 bridgehead atoms. The number of H-pyrrole nitrogens is 1. The summed E-state index contributed by atoms with van der Waals surface area (Å²) >= 11 is 5.40. The minimum Gasteiger partial charge on any atom is -0.395 e. The highest BCUT2D eigenvalue weighted by Gasteiger charge is 2.13. The van der Waals surface area contributed by atoms with Crippen LogP contribution in [-0.2, 0) is 11.3 Å². The van der Waals surface area contributed by atoms with Gasteiger partial charge < -0.3 is 25.0 Å². The number of rotatable bonds is 8. The number of aromatic amines is 1. The first-order valence-corrected chi connectivity index (χ1v) is 8.71. The van der Waals surface area contributed by atoms with Gasteiger partial charge in [0.05, 0.1) is 18.7 Å². The summed E-state index contributed by atoms with van der Waals surface area (Å²) in [5.41, 5.74) is 2.37. The van der Waals surface area contributed by atoms with Crippen LogP contribution < -0.4 is 10.9 Å². The number of methoxy groups -OCH3 is 1. The van der Waals surface area contributed by atoms with E-state index in [9.17, 15) is 9.90 Å². The summed E-state index contributed by atoms with van der Waals surface area (Å²) in [6.45, 7) is 3.97. The molecule has 0 saturated heterocycles. The van der Waals surface area contributed by atoms with Crippen LogP contribution in [0.15, 0.2) is 29.1 Å². The van der Waals surface area contributed by atoms with Gasteiger partial charge in [0.25, 0.3) is 5.56 Å². The summed E-state index contributed by atoms with van der Waals surface area (Å²) < 4.78 is 5.01. The SMILES string of the molecule is COCCCNC(=S)N(CCO)Cc1cc2cccc(C)c2[nH]c1=O. The summed E-state index contributed by atoms with van der Waals surface area (Å²) in [7, 11) is 1.66. The minimum atomic E-state index is -0.132. The fourth-order valence-electron chi connectivity index (χ4n) is 2.65. The minimum absolute atomic E-state index is 0.0372. The molecule has 7 heteroatoms. The van der Waals surface area contributed by atoms with Crippen LogP contribution in [0.5, 0.6) is 0 Å². The smallest absolute Gasteiger partial charge is 0.253 e. The number of nitrogens with zero attached hydrogens (tertiary/aromatic N) is 1. The first-order valence-electron chi connectivity index (χ1n) is 8.31. The third-order valence-corrected chi connectivity index (χ3v) is 4.39. The Morgan fingerprint density at radius 2 is 2.24 bits per heavy atom. The lowest BCUT2D eigenvalue weighted by atomic mass is 10.1. The van der Waals surface area contributed by atoms with E-state index in [1.54, 1.807) is 12.0 Å². The van der Waals surface area contributed by atoms with E-state index in [1.807, 2.05) is 31.2 Å². The Morgan fingerprint density at radius 1 is 1.44 bits per heavy atom. The number of fused-ring (bicyclic) bond motifs is 1. The number of pyridine rings is 1. The number of benzene rings is 1. The van der Waals surface area contributed by atoms with E-state index >= 15 is 0 Å². The van der Waals surface area contributed by atoms with Crippen molar-refractivity contribution in [2.24, 2.45) is 0 Å². The van der Waals surface area contributed by atoms with Crippen LogP contribution in [0.3, 0.4) is 0 Å². The summed E-state index contributed by atoms with van der Waals surface area (Å²) in [5.74, 6) is 0. The molecule has 0 aliphatic heterocycles. The third kappa shape index (κ3) is 5.26. The predicted octanol–water partition coefficient (Wildman–Crippen LogP) is 1.54. The molecule has 25 heavy (non-hydrogen) atoms. The molecule has 0 fully saturated rings. The van der Waals surface area contributed by atoms with Crippen molar-refractivity contribution in [3.63, 3.8) is 0 Å². The van der Waals surface area contributed by atoms with E-state index in [-0.39, 0.29) is 12.2 Å². The van der Waals surface area contributed by atoms with E-state index in [1.165, 1.54) is 0 Å². The molecule has 1 heterocycles. The van der Waals surface area contributed by atoms with Crippen molar-refractivity contribution in [3.8, 4) is 0 Å². The first kappa shape index (κ1) is 19.4. The van der Waals surface area contributed by atoms with Crippen LogP contribution in [0.4, 0.5) is 0 Å². The van der Waals surface area contributed by atoms with Crippen molar-refractivity contribution in [3.05, 3.63) is 45.7 Å². The zero-order valence-corrected chi connectivity index (χ0v) is 15.5. The number of thiocarbonyl (C=S) groups is 1. The number of hydrogen-bond acceptors (Lipinski definition) is 4. The fourth-order valence-corrected chi connectivity index (χ4v) is 2.91. The van der Waals surface area contributed by atoms with Gasteiger partial charge in [0, 0.05) is 32.4 Å². The van der Waals surface area contributed by atoms with Gasteiger partial charge in [-0.3, -0.25) is 4.79 Å². The summed E-state index contributed by atoms with van der Waals surface area (Å²) in [4.78, 5) is 17.2. The molecule has 2 aromatic rings. The monoisotopic (exact) mass is 363 g/mol. The van der Waals surface area contributed by atoms with Crippen LogP contribution >= 0.6 is 12.2 Å². The Labute approximate surface area is 152 Å². The molecule has 1 aromatic heterocycles. The number of para-hydroxylation sites is 1. The van der Waals surface area contributed by atoms with E-state index < -0.39 is 0 Å². The van der Waals surface area contributed by atoms with Gasteiger partial charge in [0.15, 0.2) is 5.11 Å². The Morgan fingerprint density at radius 3 is 2.96 bits per heavy atom. The van der Waals surface area contributed by atoms with Crippen molar-refractivity contribution in [2.75, 3.05) is 33.4 Å². The van der Waals surface area contributed by atoms with Crippen LogP contribution in [0, 0.1) is 6.92 Å². The fraction of sp³-hybridized carbons (Fsp3) is 0.444. The molecule has 0 unspecified atom stereocenters. The largest absolute Gasteiger partial charge is 0.395 e. The summed E-state index contributed by atoms with van der Waals surface area (Å²) in [6, 6.07) is 7.79. The average Bonchev–Trinajstić information content (AvgIpc) is 2.59. The average molecular weight is 363 g/mol. The quantitative estimate of drug-likeness (QED) is 0.488. The Balaban J connectivity index is 2.15. The zero-order chi connectivity index (χ0) is 18.2. The van der Waals surface area contributed by atoms with Crippen molar-refractivity contribution >= 4 is 28.2 Å². The number of aliphatic hydroxyl groups is 1. The molecule has 2 rings (SSSR count). The van der Waals surface area contributed by atoms with Gasteiger partial charge in [-0.05, 0) is 42.6 Å². The van der Waals surface area contributed by atoms with Gasteiger partial charge in [-0.2, -0.15) is 0 Å². The lowest BCUT2D eigenvalue weighted by Crippen LogP contribution is -2.42. The van der Waals surface area contributed by atoms with E-state index in [0.29, 0.717) is 36.9 Å². The molecule has 3 N–H and O–H groups in total. The second-order valence-electron chi connectivity index (χ2n) is 5.89. The van der Waals surface area contributed by atoms with Gasteiger partial charge in [-0.1, -0.05) is 18.2 Å². The second-order valence-corrected chi connectivity index (χ2v) is 6.27. The molecular weight excluding hydrogens is 338 g/mol. The third-order valence-electron chi connectivity index (χ3n) is 3.98. The van der Waals surface area contributed by atoms with Crippen LogP contribution in [0.25, 0.3) is 10.9 Å². The number of ether oxygens (including phenoxy) is 1. The molecule has 0 atom stereocenters. The number of aliphatic hydroxyl groups excluding tert-OH is 1. The van der Waals surface area contributed by atoms with E-state index in [0.717, 1.165) is 22.9 Å². The molecule has 6 nitrogen and oxygen atoms in total. The van der Waals surface area contributed by atoms with Gasteiger partial charge in [-0.25, -0.2) is 0 Å². The molecule has 0 aliphatic carbocycles. The van der Waals surface area contributed by atoms with Gasteiger partial charge in [-0.15, -0.1) is 0 Å². The predicted molar refractivity (Wildman–Crippen MR) is 104 cm³/mol. The molecule has 136 valence electrons. The molecular formula is C18H25N3O3S. The molecule has 0 spiro atoms. The van der Waals surface area contributed by atoms with Gasteiger partial charge >= 0.3 is 0 Å². The highest BCUT2D eigenvalue weighted by molar-refractivity contribution is 7.80. The normalized spacial score (nSPS) is 10.8. The highest BCUT2D eigenvalue weighted by Crippen LogP contribution is 2.15. The Kier molecular flexibility index (Phi) is 7.36. The van der Waals surface area contributed by atoms with Crippen LogP contribution in [0.1, 0.15) is 17.5 Å². The maximum Gasteiger partial charge on any atom is 0.253 e. The van der Waals surface area contributed by atoms with Gasteiger partial charge in [0.2, 0.25) is 0 Å². The van der Waals surface area contributed by atoms with Crippen molar-refractivity contribution in [1.29, 1.82) is 0 Å². The number of aromatic nitrogens is 1. The molecule has 1 aromatic carbocycles. The summed E-state index contributed by atoms with van der Waals surface area (Å²) in [5, 5.41) is 14.0. The molecule has 0 radical (unpaired) electrons. The van der Waals surface area contributed by atoms with E-state index in [2.05, 4.69) is 10.3 Å². The first-order chi connectivity index (χ1) is 12.1. The Hall–Kier alpha value is -1.96. The van der Waals surface area contributed by atoms with Crippen molar-refractivity contribution in [1.82, 2.24) is 15.2 Å². The van der Waals surface area contributed by atoms with Crippen LogP contribution in [0.2, 0.25) is 0 Å². The summed E-state index contributed by atoms with van der Waals surface area (Å²) in [6.07, 6.45) is 0.833. The second kappa shape index (κ2) is 9.50. The molecule has 0 saturated carbocycles. The number of nitrogens with one attached hydrogen (secondary N) is 2. The van der Waals surface area contributed by atoms with E-state index in [4.69, 9.17) is 17.0 Å². The molecule has 0 amide bonds. The topological polar surface area (TPSA) is 77.6 Å².